The summed E-state index contributed by atoms with van der Waals surface area (Å²) in [4.78, 5) is 0. The topological polar surface area (TPSA) is 0 Å². The second-order valence-corrected chi connectivity index (χ2v) is 7.10. The fourth-order valence-electron chi connectivity index (χ4n) is 3.85. The van der Waals surface area contributed by atoms with Gasteiger partial charge in [0, 0.05) is 10.8 Å². The minimum absolute atomic E-state index is 0.825. The van der Waals surface area contributed by atoms with E-state index in [-0.39, 0.29) is 0 Å². The van der Waals surface area contributed by atoms with Crippen LogP contribution in [0.3, 0.4) is 0 Å². The van der Waals surface area contributed by atoms with E-state index in [0.717, 1.165) is 15.8 Å². The summed E-state index contributed by atoms with van der Waals surface area (Å²) in [6.07, 6.45) is 0. The summed E-state index contributed by atoms with van der Waals surface area (Å²) in [6.45, 7) is 0. The van der Waals surface area contributed by atoms with Crippen molar-refractivity contribution in [3.63, 3.8) is 0 Å². The Balaban J connectivity index is 1.78. The highest BCUT2D eigenvalue weighted by molar-refractivity contribution is 6.42. The Kier molecular flexibility index (Phi) is 3.92. The van der Waals surface area contributed by atoms with Crippen LogP contribution in [0.4, 0.5) is 0 Å². The molecule has 0 radical (unpaired) electrons. The van der Waals surface area contributed by atoms with Crippen LogP contribution >= 0.6 is 11.6 Å². The van der Waals surface area contributed by atoms with E-state index < -0.39 is 0 Å². The van der Waals surface area contributed by atoms with Gasteiger partial charge >= 0.3 is 0 Å². The van der Waals surface area contributed by atoms with Crippen LogP contribution in [0.5, 0.6) is 0 Å². The highest BCUT2D eigenvalue weighted by atomic mass is 35.5. The van der Waals surface area contributed by atoms with E-state index in [1.54, 1.807) is 0 Å². The molecule has 0 fully saturated rings. The Bertz CT molecular complexity index is 1200. The van der Waals surface area contributed by atoms with Gasteiger partial charge in [-0.15, -0.1) is 0 Å². The second-order valence-electron chi connectivity index (χ2n) is 6.72. The molecule has 0 aromatic heterocycles. The molecule has 0 atom stereocenters. The lowest BCUT2D eigenvalue weighted by Crippen LogP contribution is -1.87. The molecular weight excluding hydrogens is 348 g/mol. The van der Waals surface area contributed by atoms with Gasteiger partial charge < -0.3 is 0 Å². The average molecular weight is 365 g/mol. The molecule has 128 valence electrons. The Morgan fingerprint density at radius 2 is 0.778 bits per heavy atom. The van der Waals surface area contributed by atoms with Crippen LogP contribution in [0.25, 0.3) is 43.8 Å². The van der Waals surface area contributed by atoms with Gasteiger partial charge in [0.2, 0.25) is 0 Å². The zero-order valence-corrected chi connectivity index (χ0v) is 15.4. The summed E-state index contributed by atoms with van der Waals surface area (Å²) in [7, 11) is 0. The first-order valence-electron chi connectivity index (χ1n) is 9.08. The smallest absolute Gasteiger partial charge is 0.0563 e. The van der Waals surface area contributed by atoms with Crippen LogP contribution in [0.1, 0.15) is 0 Å². The van der Waals surface area contributed by atoms with E-state index in [1.165, 1.54) is 33.0 Å². The maximum Gasteiger partial charge on any atom is 0.0563 e. The van der Waals surface area contributed by atoms with E-state index in [0.29, 0.717) is 0 Å². The molecule has 1 heteroatoms. The lowest BCUT2D eigenvalue weighted by atomic mass is 9.91. The monoisotopic (exact) mass is 364 g/mol. The zero-order chi connectivity index (χ0) is 18.2. The first-order chi connectivity index (χ1) is 13.3. The van der Waals surface area contributed by atoms with Crippen molar-refractivity contribution in [3.05, 3.63) is 108 Å². The molecule has 0 amide bonds. The van der Waals surface area contributed by atoms with Crippen molar-refractivity contribution in [2.24, 2.45) is 0 Å². The minimum atomic E-state index is 0.825. The molecular formula is C26H17Cl. The molecule has 0 saturated carbocycles. The maximum atomic E-state index is 6.74. The molecule has 0 aliphatic rings. The predicted octanol–water partition coefficient (Wildman–Crippen LogP) is 7.98. The largest absolute Gasteiger partial charge is 0.0830 e. The molecule has 0 spiro atoms. The first kappa shape index (κ1) is 16.1. The van der Waals surface area contributed by atoms with Crippen molar-refractivity contribution in [2.75, 3.05) is 0 Å². The van der Waals surface area contributed by atoms with Crippen molar-refractivity contribution in [2.45, 2.75) is 0 Å². The van der Waals surface area contributed by atoms with Crippen molar-refractivity contribution >= 4 is 33.1 Å². The first-order valence-corrected chi connectivity index (χ1v) is 9.45. The minimum Gasteiger partial charge on any atom is -0.0830 e. The molecule has 0 N–H and O–H groups in total. The fourth-order valence-corrected chi connectivity index (χ4v) is 4.18. The molecule has 0 unspecified atom stereocenters. The Morgan fingerprint density at radius 3 is 1.33 bits per heavy atom. The summed E-state index contributed by atoms with van der Waals surface area (Å²) in [5.41, 5.74) is 4.90. The van der Waals surface area contributed by atoms with Crippen LogP contribution in [0, 0.1) is 0 Å². The molecule has 0 bridgehead atoms. The normalized spacial score (nSPS) is 11.1. The number of hydrogen-bond acceptors (Lipinski definition) is 0. The molecule has 0 heterocycles. The van der Waals surface area contributed by atoms with Gasteiger partial charge in [-0.05, 0) is 33.0 Å². The van der Waals surface area contributed by atoms with E-state index in [1.807, 2.05) is 18.2 Å². The van der Waals surface area contributed by atoms with Crippen molar-refractivity contribution in [1.29, 1.82) is 0 Å². The van der Waals surface area contributed by atoms with Crippen LogP contribution < -0.4 is 0 Å². The fraction of sp³-hybridized carbons (Fsp3) is 0. The van der Waals surface area contributed by atoms with Gasteiger partial charge in [0.15, 0.2) is 0 Å². The van der Waals surface area contributed by atoms with Gasteiger partial charge in [-0.1, -0.05) is 115 Å². The Labute approximate surface area is 163 Å². The predicted molar refractivity (Wildman–Crippen MR) is 117 cm³/mol. The molecule has 5 rings (SSSR count). The van der Waals surface area contributed by atoms with Crippen LogP contribution in [-0.2, 0) is 0 Å². The molecule has 27 heavy (non-hydrogen) atoms. The quantitative estimate of drug-likeness (QED) is 0.278. The maximum absolute atomic E-state index is 6.74. The van der Waals surface area contributed by atoms with Crippen LogP contribution in [0.15, 0.2) is 103 Å². The third kappa shape index (κ3) is 2.70. The van der Waals surface area contributed by atoms with E-state index in [4.69, 9.17) is 11.6 Å². The zero-order valence-electron chi connectivity index (χ0n) is 14.7. The van der Waals surface area contributed by atoms with Crippen molar-refractivity contribution < 1.29 is 0 Å². The van der Waals surface area contributed by atoms with Crippen molar-refractivity contribution in [3.8, 4) is 22.3 Å². The van der Waals surface area contributed by atoms with E-state index in [9.17, 15) is 0 Å². The lowest BCUT2D eigenvalue weighted by molar-refractivity contribution is 1.61. The van der Waals surface area contributed by atoms with E-state index in [2.05, 4.69) is 84.9 Å². The lowest BCUT2D eigenvalue weighted by Gasteiger charge is -2.14. The summed E-state index contributed by atoms with van der Waals surface area (Å²) in [5.74, 6) is 0. The van der Waals surface area contributed by atoms with Crippen LogP contribution in [-0.4, -0.2) is 0 Å². The number of benzene rings is 5. The van der Waals surface area contributed by atoms with Crippen molar-refractivity contribution in [1.82, 2.24) is 0 Å². The highest BCUT2D eigenvalue weighted by Gasteiger charge is 2.13. The Morgan fingerprint density at radius 1 is 0.370 bits per heavy atom. The number of hydrogen-bond donors (Lipinski definition) is 0. The number of halogens is 1. The number of rotatable bonds is 2. The third-order valence-corrected chi connectivity index (χ3v) is 5.55. The second kappa shape index (κ2) is 6.57. The molecule has 0 aliphatic carbocycles. The van der Waals surface area contributed by atoms with E-state index >= 15 is 0 Å². The molecule has 5 aromatic rings. The summed E-state index contributed by atoms with van der Waals surface area (Å²) in [5, 5.41) is 5.40. The van der Waals surface area contributed by atoms with Crippen LogP contribution in [0.2, 0.25) is 5.02 Å². The average Bonchev–Trinajstić information content (AvgIpc) is 2.75. The standard InChI is InChI=1S/C26H17Cl/c27-26-23-12-6-4-10-21(23)25(22-11-5-7-13-24(22)26)20-16-14-19(15-17-20)18-8-2-1-3-9-18/h1-17H. The van der Waals surface area contributed by atoms with Gasteiger partial charge in [-0.2, -0.15) is 0 Å². The highest BCUT2D eigenvalue weighted by Crippen LogP contribution is 2.41. The summed E-state index contributed by atoms with van der Waals surface area (Å²) >= 11 is 6.74. The molecule has 5 aromatic carbocycles. The van der Waals surface area contributed by atoms with Gasteiger partial charge in [0.05, 0.1) is 5.02 Å². The molecule has 0 nitrogen and oxygen atoms in total. The molecule has 0 aliphatic heterocycles. The summed E-state index contributed by atoms with van der Waals surface area (Å²) in [6, 6.07) is 36.1. The SMILES string of the molecule is Clc1c2ccccc2c(-c2ccc(-c3ccccc3)cc2)c2ccccc12. The third-order valence-electron chi connectivity index (χ3n) is 5.15. The van der Waals surface area contributed by atoms with Gasteiger partial charge in [-0.3, -0.25) is 0 Å². The number of fused-ring (bicyclic) bond motifs is 2. The Hall–Kier alpha value is -3.09. The summed E-state index contributed by atoms with van der Waals surface area (Å²) < 4.78 is 0. The van der Waals surface area contributed by atoms with Gasteiger partial charge in [0.25, 0.3) is 0 Å². The van der Waals surface area contributed by atoms with Gasteiger partial charge in [-0.25, -0.2) is 0 Å². The van der Waals surface area contributed by atoms with Gasteiger partial charge in [0.1, 0.15) is 0 Å². The molecule has 0 saturated heterocycles.